The van der Waals surface area contributed by atoms with E-state index in [1.807, 2.05) is 0 Å². The monoisotopic (exact) mass is 306 g/mol. The number of nitrogens with one attached hydrogen (secondary N) is 1. The fourth-order valence-corrected chi connectivity index (χ4v) is 2.51. The van der Waals surface area contributed by atoms with Crippen LogP contribution in [-0.2, 0) is 17.8 Å². The summed E-state index contributed by atoms with van der Waals surface area (Å²) >= 11 is 5.78. The summed E-state index contributed by atoms with van der Waals surface area (Å²) in [6.45, 7) is 0.152. The van der Waals surface area contributed by atoms with Crippen LogP contribution in [0.1, 0.15) is 21.9 Å². The standard InChI is InChI=1S/C13H11ClN4O3/c14-11-3-1-2-7(17-11)12(19)18-5-9-8(15-6-16-9)4-10(18)13(20)21/h1-3,6,10H,4-5H2,(H,15,16)(H,20,21). The molecule has 1 unspecified atom stereocenters. The molecule has 1 aliphatic heterocycles. The molecule has 108 valence electrons. The van der Waals surface area contributed by atoms with E-state index in [-0.39, 0.29) is 23.8 Å². The largest absolute Gasteiger partial charge is 0.480 e. The topological polar surface area (TPSA) is 99.2 Å². The molecule has 1 atom stereocenters. The third-order valence-electron chi connectivity index (χ3n) is 3.38. The molecule has 0 aromatic carbocycles. The number of amides is 1. The van der Waals surface area contributed by atoms with Gasteiger partial charge in [-0.05, 0) is 12.1 Å². The van der Waals surface area contributed by atoms with Gasteiger partial charge in [-0.2, -0.15) is 0 Å². The van der Waals surface area contributed by atoms with Crippen molar-refractivity contribution in [1.82, 2.24) is 19.9 Å². The van der Waals surface area contributed by atoms with E-state index in [2.05, 4.69) is 15.0 Å². The van der Waals surface area contributed by atoms with Gasteiger partial charge in [-0.15, -0.1) is 0 Å². The zero-order valence-corrected chi connectivity index (χ0v) is 11.5. The number of carboxylic acids is 1. The van der Waals surface area contributed by atoms with Gasteiger partial charge in [0.25, 0.3) is 5.91 Å². The molecule has 1 amide bonds. The van der Waals surface area contributed by atoms with Gasteiger partial charge < -0.3 is 15.0 Å². The highest BCUT2D eigenvalue weighted by atomic mass is 35.5. The quantitative estimate of drug-likeness (QED) is 0.810. The number of aromatic nitrogens is 3. The molecule has 3 heterocycles. The molecule has 2 aromatic rings. The highest BCUT2D eigenvalue weighted by Gasteiger charge is 2.36. The summed E-state index contributed by atoms with van der Waals surface area (Å²) in [7, 11) is 0. The molecule has 2 N–H and O–H groups in total. The van der Waals surface area contributed by atoms with Crippen molar-refractivity contribution in [1.29, 1.82) is 0 Å². The van der Waals surface area contributed by atoms with Crippen LogP contribution in [0.3, 0.4) is 0 Å². The van der Waals surface area contributed by atoms with Crippen LogP contribution < -0.4 is 0 Å². The first-order valence-corrected chi connectivity index (χ1v) is 6.61. The number of carbonyl (C=O) groups is 2. The number of aromatic amines is 1. The molecule has 0 saturated carbocycles. The summed E-state index contributed by atoms with van der Waals surface area (Å²) < 4.78 is 0. The van der Waals surface area contributed by atoms with Crippen LogP contribution in [-0.4, -0.2) is 42.9 Å². The Morgan fingerprint density at radius 1 is 1.43 bits per heavy atom. The smallest absolute Gasteiger partial charge is 0.326 e. The van der Waals surface area contributed by atoms with Gasteiger partial charge in [-0.1, -0.05) is 17.7 Å². The number of carboxylic acid groups (broad SMARTS) is 1. The lowest BCUT2D eigenvalue weighted by Crippen LogP contribution is -2.48. The van der Waals surface area contributed by atoms with Gasteiger partial charge in [0, 0.05) is 6.42 Å². The fraction of sp³-hybridized carbons (Fsp3) is 0.231. The van der Waals surface area contributed by atoms with Crippen molar-refractivity contribution >= 4 is 23.5 Å². The molecule has 7 nitrogen and oxygen atoms in total. The van der Waals surface area contributed by atoms with Crippen molar-refractivity contribution in [3.05, 3.63) is 46.8 Å². The van der Waals surface area contributed by atoms with Crippen molar-refractivity contribution in [3.63, 3.8) is 0 Å². The van der Waals surface area contributed by atoms with Crippen LogP contribution in [0.25, 0.3) is 0 Å². The third kappa shape index (κ3) is 2.47. The first kappa shape index (κ1) is 13.6. The summed E-state index contributed by atoms with van der Waals surface area (Å²) in [5.41, 5.74) is 1.53. The summed E-state index contributed by atoms with van der Waals surface area (Å²) in [4.78, 5) is 36.1. The van der Waals surface area contributed by atoms with Gasteiger partial charge in [0.15, 0.2) is 0 Å². The van der Waals surface area contributed by atoms with Crippen LogP contribution in [0, 0.1) is 0 Å². The molecule has 8 heteroatoms. The summed E-state index contributed by atoms with van der Waals surface area (Å²) in [5, 5.41) is 9.53. The van der Waals surface area contributed by atoms with E-state index in [0.717, 1.165) is 5.69 Å². The number of pyridine rings is 1. The second-order valence-electron chi connectivity index (χ2n) is 4.66. The van der Waals surface area contributed by atoms with Gasteiger partial charge in [0.2, 0.25) is 0 Å². The minimum atomic E-state index is -1.07. The van der Waals surface area contributed by atoms with Crippen LogP contribution >= 0.6 is 11.6 Å². The summed E-state index contributed by atoms with van der Waals surface area (Å²) in [5.74, 6) is -1.54. The zero-order chi connectivity index (χ0) is 15.0. The Balaban J connectivity index is 1.95. The SMILES string of the molecule is O=C(O)C1Cc2nc[nH]c2CN1C(=O)c1cccc(Cl)n1. The molecule has 3 rings (SSSR count). The Hall–Kier alpha value is -2.41. The molecule has 1 aliphatic rings. The van der Waals surface area contributed by atoms with E-state index in [4.69, 9.17) is 11.6 Å². The number of halogens is 1. The maximum atomic E-state index is 12.5. The Bertz CT molecular complexity index is 715. The number of H-pyrrole nitrogens is 1. The van der Waals surface area contributed by atoms with E-state index >= 15 is 0 Å². The lowest BCUT2D eigenvalue weighted by Gasteiger charge is -2.32. The van der Waals surface area contributed by atoms with Gasteiger partial charge in [-0.3, -0.25) is 4.79 Å². The lowest BCUT2D eigenvalue weighted by atomic mass is 10.0. The first-order chi connectivity index (χ1) is 10.1. The Morgan fingerprint density at radius 3 is 2.95 bits per heavy atom. The predicted molar refractivity (Wildman–Crippen MR) is 72.8 cm³/mol. The highest BCUT2D eigenvalue weighted by molar-refractivity contribution is 6.29. The summed E-state index contributed by atoms with van der Waals surface area (Å²) in [6, 6.07) is 3.70. The van der Waals surface area contributed by atoms with Crippen molar-refractivity contribution < 1.29 is 14.7 Å². The van der Waals surface area contributed by atoms with Gasteiger partial charge >= 0.3 is 5.97 Å². The molecule has 0 radical (unpaired) electrons. The number of nitrogens with zero attached hydrogens (tertiary/aromatic N) is 3. The minimum Gasteiger partial charge on any atom is -0.480 e. The Morgan fingerprint density at radius 2 is 2.24 bits per heavy atom. The van der Waals surface area contributed by atoms with Crippen molar-refractivity contribution in [2.75, 3.05) is 0 Å². The van der Waals surface area contributed by atoms with Crippen LogP contribution in [0.15, 0.2) is 24.5 Å². The van der Waals surface area contributed by atoms with Gasteiger partial charge in [0.05, 0.1) is 24.3 Å². The molecule has 0 fully saturated rings. The molecule has 0 aliphatic carbocycles. The number of aliphatic carboxylic acids is 1. The average molecular weight is 307 g/mol. The number of hydrogen-bond donors (Lipinski definition) is 2. The van der Waals surface area contributed by atoms with Crippen molar-refractivity contribution in [2.45, 2.75) is 19.0 Å². The molecular weight excluding hydrogens is 296 g/mol. The number of imidazole rings is 1. The lowest BCUT2D eigenvalue weighted by molar-refractivity contribution is -0.142. The zero-order valence-electron chi connectivity index (χ0n) is 10.8. The predicted octanol–water partition coefficient (Wildman–Crippen LogP) is 1.11. The molecular formula is C13H11ClN4O3. The number of fused-ring (bicyclic) bond motifs is 1. The molecule has 0 bridgehead atoms. The molecule has 0 spiro atoms. The van der Waals surface area contributed by atoms with E-state index in [1.54, 1.807) is 12.1 Å². The first-order valence-electron chi connectivity index (χ1n) is 6.23. The van der Waals surface area contributed by atoms with E-state index in [0.29, 0.717) is 5.69 Å². The van der Waals surface area contributed by atoms with Crippen LogP contribution in [0.5, 0.6) is 0 Å². The van der Waals surface area contributed by atoms with Crippen LogP contribution in [0.4, 0.5) is 0 Å². The Labute approximate surface area is 124 Å². The van der Waals surface area contributed by atoms with Crippen LogP contribution in [0.2, 0.25) is 5.15 Å². The molecule has 21 heavy (non-hydrogen) atoms. The number of rotatable bonds is 2. The molecule has 2 aromatic heterocycles. The van der Waals surface area contributed by atoms with Crippen molar-refractivity contribution in [3.8, 4) is 0 Å². The maximum Gasteiger partial charge on any atom is 0.326 e. The maximum absolute atomic E-state index is 12.5. The second-order valence-corrected chi connectivity index (χ2v) is 5.05. The van der Waals surface area contributed by atoms with Gasteiger partial charge in [0.1, 0.15) is 16.9 Å². The number of hydrogen-bond acceptors (Lipinski definition) is 4. The fourth-order valence-electron chi connectivity index (χ4n) is 2.34. The number of carbonyl (C=O) groups excluding carboxylic acids is 1. The normalized spacial score (nSPS) is 17.4. The minimum absolute atomic E-state index is 0.122. The van der Waals surface area contributed by atoms with E-state index in [1.165, 1.54) is 17.3 Å². The summed E-state index contributed by atoms with van der Waals surface area (Å²) in [6.07, 6.45) is 1.66. The van der Waals surface area contributed by atoms with E-state index in [9.17, 15) is 14.7 Å². The average Bonchev–Trinajstić information content (AvgIpc) is 2.92. The highest BCUT2D eigenvalue weighted by Crippen LogP contribution is 2.22. The van der Waals surface area contributed by atoms with Crippen molar-refractivity contribution in [2.24, 2.45) is 0 Å². The third-order valence-corrected chi connectivity index (χ3v) is 3.59. The Kier molecular flexibility index (Phi) is 3.34. The van der Waals surface area contributed by atoms with E-state index < -0.39 is 17.9 Å². The molecule has 0 saturated heterocycles. The van der Waals surface area contributed by atoms with Gasteiger partial charge in [-0.25, -0.2) is 14.8 Å². The second kappa shape index (κ2) is 5.17.